The highest BCUT2D eigenvalue weighted by Gasteiger charge is 2.23. The zero-order chi connectivity index (χ0) is 9.84. The van der Waals surface area contributed by atoms with E-state index in [4.69, 9.17) is 0 Å². The average Bonchev–Trinajstić information content (AvgIpc) is 2.08. The van der Waals surface area contributed by atoms with E-state index in [2.05, 4.69) is 46.7 Å². The number of nitrogens with one attached hydrogen (secondary N) is 1. The highest BCUT2D eigenvalue weighted by Crippen LogP contribution is 2.19. The second kappa shape index (κ2) is 5.13. The molecule has 1 saturated heterocycles. The van der Waals surface area contributed by atoms with Crippen LogP contribution in [-0.2, 0) is 0 Å². The lowest BCUT2D eigenvalue weighted by molar-refractivity contribution is 0.153. The lowest BCUT2D eigenvalue weighted by Crippen LogP contribution is -2.46. The number of piperidine rings is 1. The largest absolute Gasteiger partial charge is 0.317 e. The van der Waals surface area contributed by atoms with Crippen molar-refractivity contribution in [3.05, 3.63) is 11.1 Å². The zero-order valence-corrected chi connectivity index (χ0v) is 10.1. The third-order valence-electron chi connectivity index (χ3n) is 2.80. The Labute approximate surface area is 89.5 Å². The Morgan fingerprint density at radius 2 is 2.38 bits per heavy atom. The molecule has 0 aromatic rings. The van der Waals surface area contributed by atoms with Gasteiger partial charge in [-0.05, 0) is 26.8 Å². The molecule has 2 atom stereocenters. The molecule has 0 saturated carbocycles. The maximum atomic E-state index is 3.88. The van der Waals surface area contributed by atoms with Crippen LogP contribution in [0.15, 0.2) is 11.1 Å². The van der Waals surface area contributed by atoms with Gasteiger partial charge in [-0.15, -0.1) is 0 Å². The molecule has 0 aliphatic carbocycles. The van der Waals surface area contributed by atoms with Crippen LogP contribution in [-0.4, -0.2) is 37.1 Å². The number of halogens is 1. The third-order valence-corrected chi connectivity index (χ3v) is 3.05. The predicted octanol–water partition coefficient (Wildman–Crippen LogP) is 1.97. The van der Waals surface area contributed by atoms with Crippen molar-refractivity contribution in [2.75, 3.05) is 20.1 Å². The molecule has 76 valence electrons. The van der Waals surface area contributed by atoms with Crippen LogP contribution in [0.1, 0.15) is 19.8 Å². The smallest absolute Gasteiger partial charge is 0.0296 e. The highest BCUT2D eigenvalue weighted by molar-refractivity contribution is 9.11. The van der Waals surface area contributed by atoms with Crippen molar-refractivity contribution in [3.63, 3.8) is 0 Å². The average molecular weight is 247 g/mol. The second-order valence-electron chi connectivity index (χ2n) is 3.85. The summed E-state index contributed by atoms with van der Waals surface area (Å²) < 4.78 is 1.09. The van der Waals surface area contributed by atoms with E-state index in [0.29, 0.717) is 12.1 Å². The van der Waals surface area contributed by atoms with Gasteiger partial charge in [-0.1, -0.05) is 22.5 Å². The molecule has 1 rings (SSSR count). The summed E-state index contributed by atoms with van der Waals surface area (Å²) in [6.45, 7) is 8.33. The fourth-order valence-corrected chi connectivity index (χ4v) is 2.26. The van der Waals surface area contributed by atoms with Crippen LogP contribution in [0.4, 0.5) is 0 Å². The van der Waals surface area contributed by atoms with Gasteiger partial charge in [-0.2, -0.15) is 0 Å². The van der Waals surface area contributed by atoms with Crippen LogP contribution >= 0.6 is 15.9 Å². The van der Waals surface area contributed by atoms with E-state index in [1.807, 2.05) is 0 Å². The number of hydrogen-bond donors (Lipinski definition) is 1. The summed E-state index contributed by atoms with van der Waals surface area (Å²) in [5.41, 5.74) is 0. The molecule has 0 spiro atoms. The van der Waals surface area contributed by atoms with Gasteiger partial charge in [-0.25, -0.2) is 0 Å². The Hall–Kier alpha value is 0.140. The van der Waals surface area contributed by atoms with E-state index in [1.165, 1.54) is 19.4 Å². The highest BCUT2D eigenvalue weighted by atomic mass is 79.9. The minimum absolute atomic E-state index is 0.667. The molecule has 1 heterocycles. The molecule has 0 aromatic carbocycles. The van der Waals surface area contributed by atoms with Crippen LogP contribution in [0.5, 0.6) is 0 Å². The minimum atomic E-state index is 0.667. The summed E-state index contributed by atoms with van der Waals surface area (Å²) in [6.07, 6.45) is 2.50. The quantitative estimate of drug-likeness (QED) is 0.820. The summed E-state index contributed by atoms with van der Waals surface area (Å²) in [5, 5.41) is 3.35. The number of hydrogen-bond acceptors (Lipinski definition) is 2. The first kappa shape index (κ1) is 11.2. The maximum Gasteiger partial charge on any atom is 0.0296 e. The number of likely N-dealkylation sites (tertiary alicyclic amines) is 1. The Morgan fingerprint density at radius 3 is 2.85 bits per heavy atom. The molecule has 13 heavy (non-hydrogen) atoms. The van der Waals surface area contributed by atoms with Crippen molar-refractivity contribution in [1.29, 1.82) is 0 Å². The molecule has 1 aliphatic heterocycles. The first-order chi connectivity index (χ1) is 6.13. The molecule has 1 aliphatic rings. The van der Waals surface area contributed by atoms with Gasteiger partial charge < -0.3 is 5.32 Å². The predicted molar refractivity (Wildman–Crippen MR) is 61.2 cm³/mol. The molecule has 0 amide bonds. The molecule has 0 radical (unpaired) electrons. The van der Waals surface area contributed by atoms with Gasteiger partial charge in [0.05, 0.1) is 0 Å². The van der Waals surface area contributed by atoms with Crippen LogP contribution < -0.4 is 5.32 Å². The van der Waals surface area contributed by atoms with E-state index in [-0.39, 0.29) is 0 Å². The number of nitrogens with zero attached hydrogens (tertiary/aromatic N) is 1. The third kappa shape index (κ3) is 3.41. The van der Waals surface area contributed by atoms with E-state index in [1.54, 1.807) is 0 Å². The van der Waals surface area contributed by atoms with Crippen molar-refractivity contribution in [1.82, 2.24) is 10.2 Å². The van der Waals surface area contributed by atoms with Gasteiger partial charge in [-0.3, -0.25) is 4.90 Å². The first-order valence-corrected chi connectivity index (χ1v) is 5.67. The first-order valence-electron chi connectivity index (χ1n) is 4.88. The maximum absolute atomic E-state index is 3.88. The van der Waals surface area contributed by atoms with Crippen LogP contribution in [0, 0.1) is 0 Å². The monoisotopic (exact) mass is 246 g/mol. The Bertz CT molecular complexity index is 182. The molecule has 3 heteroatoms. The van der Waals surface area contributed by atoms with Crippen molar-refractivity contribution in [3.8, 4) is 0 Å². The van der Waals surface area contributed by atoms with Crippen LogP contribution in [0.25, 0.3) is 0 Å². The fraction of sp³-hybridized carbons (Fsp3) is 0.800. The van der Waals surface area contributed by atoms with Gasteiger partial charge in [0.15, 0.2) is 0 Å². The topological polar surface area (TPSA) is 15.3 Å². The normalized spacial score (nSPS) is 30.4. The van der Waals surface area contributed by atoms with E-state index in [0.717, 1.165) is 11.0 Å². The summed E-state index contributed by atoms with van der Waals surface area (Å²) in [4.78, 5) is 2.48. The second-order valence-corrected chi connectivity index (χ2v) is 4.97. The summed E-state index contributed by atoms with van der Waals surface area (Å²) >= 11 is 3.42. The van der Waals surface area contributed by atoms with Crippen molar-refractivity contribution >= 4 is 15.9 Å². The molecule has 0 aromatic heterocycles. The summed E-state index contributed by atoms with van der Waals surface area (Å²) in [5.74, 6) is 0. The SMILES string of the molecule is C=C(Br)CN1CCC(NC)CC1C. The van der Waals surface area contributed by atoms with Crippen LogP contribution in [0.2, 0.25) is 0 Å². The van der Waals surface area contributed by atoms with Gasteiger partial charge in [0.25, 0.3) is 0 Å². The molecule has 0 bridgehead atoms. The number of rotatable bonds is 3. The lowest BCUT2D eigenvalue weighted by atomic mass is 9.98. The van der Waals surface area contributed by atoms with Gasteiger partial charge >= 0.3 is 0 Å². The van der Waals surface area contributed by atoms with Crippen molar-refractivity contribution in [2.45, 2.75) is 31.8 Å². The molecule has 2 nitrogen and oxygen atoms in total. The minimum Gasteiger partial charge on any atom is -0.317 e. The fourth-order valence-electron chi connectivity index (χ4n) is 1.94. The van der Waals surface area contributed by atoms with E-state index >= 15 is 0 Å². The Balaban J connectivity index is 2.39. The van der Waals surface area contributed by atoms with E-state index < -0.39 is 0 Å². The molecule has 2 unspecified atom stereocenters. The van der Waals surface area contributed by atoms with Gasteiger partial charge in [0.1, 0.15) is 0 Å². The Kier molecular flexibility index (Phi) is 4.42. The van der Waals surface area contributed by atoms with Gasteiger partial charge in [0.2, 0.25) is 0 Å². The lowest BCUT2D eigenvalue weighted by Gasteiger charge is -2.37. The molecular formula is C10H19BrN2. The Morgan fingerprint density at radius 1 is 1.69 bits per heavy atom. The zero-order valence-electron chi connectivity index (χ0n) is 8.52. The molecule has 1 fully saturated rings. The van der Waals surface area contributed by atoms with Crippen molar-refractivity contribution in [2.24, 2.45) is 0 Å². The van der Waals surface area contributed by atoms with Gasteiger partial charge in [0, 0.05) is 29.7 Å². The molecule has 1 N–H and O–H groups in total. The summed E-state index contributed by atoms with van der Waals surface area (Å²) in [7, 11) is 2.05. The van der Waals surface area contributed by atoms with E-state index in [9.17, 15) is 0 Å². The van der Waals surface area contributed by atoms with Crippen LogP contribution in [0.3, 0.4) is 0 Å². The molecular weight excluding hydrogens is 228 g/mol. The van der Waals surface area contributed by atoms with Crippen molar-refractivity contribution < 1.29 is 0 Å². The summed E-state index contributed by atoms with van der Waals surface area (Å²) in [6, 6.07) is 1.37. The standard InChI is InChI=1S/C10H19BrN2/c1-8(11)7-13-5-4-10(12-3)6-9(13)2/h9-10,12H,1,4-7H2,2-3H3.